The molecule has 0 bridgehead atoms. The fraction of sp³-hybridized carbons (Fsp3) is 0.174. The summed E-state index contributed by atoms with van der Waals surface area (Å²) in [6.07, 6.45) is -3.00. The van der Waals surface area contributed by atoms with E-state index in [2.05, 4.69) is 0 Å². The van der Waals surface area contributed by atoms with E-state index in [0.29, 0.717) is 22.5 Å². The van der Waals surface area contributed by atoms with E-state index in [4.69, 9.17) is 8.83 Å². The first kappa shape index (κ1) is 21.2. The highest BCUT2D eigenvalue weighted by molar-refractivity contribution is 6.19. The number of furan rings is 2. The maximum Gasteiger partial charge on any atom is 0.416 e. The lowest BCUT2D eigenvalue weighted by Crippen LogP contribution is -2.42. The molecule has 0 radical (unpaired) electrons. The molecule has 162 valence electrons. The number of rotatable bonds is 3. The summed E-state index contributed by atoms with van der Waals surface area (Å²) in [5.41, 5.74) is 0.648. The SMILES string of the molecule is CCN1C(=O)C(C#N)=C(C)/C(=C/c2cc3oc(-c4ccc(C(F)(F)F)cc4)cc3o2)C1=O. The number of hydrogen-bond acceptors (Lipinski definition) is 5. The van der Waals surface area contributed by atoms with Gasteiger partial charge in [0.15, 0.2) is 11.2 Å². The first-order valence-electron chi connectivity index (χ1n) is 9.54. The van der Waals surface area contributed by atoms with Gasteiger partial charge < -0.3 is 8.83 Å². The Bertz CT molecular complexity index is 1320. The van der Waals surface area contributed by atoms with Crippen LogP contribution in [0.15, 0.2) is 62.0 Å². The lowest BCUT2D eigenvalue weighted by molar-refractivity contribution is -0.140. The van der Waals surface area contributed by atoms with Gasteiger partial charge in [-0.15, -0.1) is 0 Å². The van der Waals surface area contributed by atoms with Gasteiger partial charge in [-0.1, -0.05) is 12.1 Å². The number of imide groups is 1. The van der Waals surface area contributed by atoms with E-state index in [9.17, 15) is 28.0 Å². The van der Waals surface area contributed by atoms with Gasteiger partial charge in [-0.05, 0) is 37.6 Å². The Morgan fingerprint density at radius 3 is 2.28 bits per heavy atom. The van der Waals surface area contributed by atoms with Crippen molar-refractivity contribution in [1.82, 2.24) is 4.90 Å². The van der Waals surface area contributed by atoms with Crippen molar-refractivity contribution in [1.29, 1.82) is 5.26 Å². The molecule has 0 fully saturated rings. The van der Waals surface area contributed by atoms with Crippen molar-refractivity contribution < 1.29 is 31.6 Å². The van der Waals surface area contributed by atoms with Gasteiger partial charge in [-0.25, -0.2) is 0 Å². The quantitative estimate of drug-likeness (QED) is 0.406. The summed E-state index contributed by atoms with van der Waals surface area (Å²) < 4.78 is 49.6. The first-order valence-corrected chi connectivity index (χ1v) is 9.54. The average molecular weight is 440 g/mol. The fourth-order valence-electron chi connectivity index (χ4n) is 3.45. The smallest absolute Gasteiger partial charge is 0.416 e. The number of amides is 2. The van der Waals surface area contributed by atoms with Crippen molar-refractivity contribution in [2.75, 3.05) is 6.54 Å². The Morgan fingerprint density at radius 1 is 1.06 bits per heavy atom. The molecule has 0 saturated carbocycles. The van der Waals surface area contributed by atoms with Crippen LogP contribution < -0.4 is 0 Å². The van der Waals surface area contributed by atoms with E-state index in [0.717, 1.165) is 17.0 Å². The van der Waals surface area contributed by atoms with Gasteiger partial charge in [-0.2, -0.15) is 18.4 Å². The normalized spacial score (nSPS) is 16.4. The molecule has 4 rings (SSSR count). The summed E-state index contributed by atoms with van der Waals surface area (Å²) in [6, 6.07) is 9.44. The van der Waals surface area contributed by atoms with Gasteiger partial charge in [0.05, 0.1) is 5.56 Å². The highest BCUT2D eigenvalue weighted by Gasteiger charge is 2.34. The van der Waals surface area contributed by atoms with Gasteiger partial charge in [0.1, 0.15) is 23.2 Å². The van der Waals surface area contributed by atoms with Crippen LogP contribution in [0.4, 0.5) is 13.2 Å². The van der Waals surface area contributed by atoms with Crippen LogP contribution in [0.25, 0.3) is 28.6 Å². The topological polar surface area (TPSA) is 87.4 Å². The summed E-state index contributed by atoms with van der Waals surface area (Å²) >= 11 is 0. The number of nitriles is 1. The molecule has 32 heavy (non-hydrogen) atoms. The van der Waals surface area contributed by atoms with Crippen LogP contribution in [0.5, 0.6) is 0 Å². The van der Waals surface area contributed by atoms with E-state index >= 15 is 0 Å². The molecule has 3 heterocycles. The van der Waals surface area contributed by atoms with E-state index in [1.165, 1.54) is 37.3 Å². The minimum Gasteiger partial charge on any atom is -0.453 e. The van der Waals surface area contributed by atoms with Crippen LogP contribution in [0.1, 0.15) is 25.2 Å². The predicted octanol–water partition coefficient (Wildman–Crippen LogP) is 5.32. The van der Waals surface area contributed by atoms with Crippen LogP contribution >= 0.6 is 0 Å². The summed E-state index contributed by atoms with van der Waals surface area (Å²) in [5, 5.41) is 9.30. The van der Waals surface area contributed by atoms with Crippen molar-refractivity contribution in [3.8, 4) is 17.4 Å². The van der Waals surface area contributed by atoms with Crippen molar-refractivity contribution >= 4 is 29.1 Å². The Morgan fingerprint density at radius 2 is 1.72 bits per heavy atom. The number of fused-ring (bicyclic) bond motifs is 1. The molecule has 2 amide bonds. The molecule has 0 unspecified atom stereocenters. The number of alkyl halides is 3. The second-order valence-electron chi connectivity index (χ2n) is 7.09. The van der Waals surface area contributed by atoms with Crippen molar-refractivity contribution in [3.63, 3.8) is 0 Å². The van der Waals surface area contributed by atoms with Crippen LogP contribution in [0.3, 0.4) is 0 Å². The van der Waals surface area contributed by atoms with Crippen molar-refractivity contribution in [2.24, 2.45) is 0 Å². The molecule has 6 nitrogen and oxygen atoms in total. The molecule has 1 aromatic carbocycles. The molecule has 2 aromatic heterocycles. The maximum atomic E-state index is 12.7. The highest BCUT2D eigenvalue weighted by atomic mass is 19.4. The number of hydrogen-bond donors (Lipinski definition) is 0. The third-order valence-corrected chi connectivity index (χ3v) is 5.15. The summed E-state index contributed by atoms with van der Waals surface area (Å²) in [4.78, 5) is 25.9. The van der Waals surface area contributed by atoms with Gasteiger partial charge in [0.2, 0.25) is 0 Å². The predicted molar refractivity (Wildman–Crippen MR) is 108 cm³/mol. The van der Waals surface area contributed by atoms with Crippen LogP contribution in [0.2, 0.25) is 0 Å². The zero-order valence-electron chi connectivity index (χ0n) is 16.9. The molecule has 9 heteroatoms. The molecule has 1 aliphatic heterocycles. The zero-order valence-corrected chi connectivity index (χ0v) is 16.9. The van der Waals surface area contributed by atoms with E-state index in [1.807, 2.05) is 6.07 Å². The number of nitrogens with zero attached hydrogens (tertiary/aromatic N) is 2. The van der Waals surface area contributed by atoms with E-state index < -0.39 is 23.6 Å². The molecule has 0 aliphatic carbocycles. The monoisotopic (exact) mass is 440 g/mol. The molecule has 0 spiro atoms. The molecule has 3 aromatic rings. The minimum atomic E-state index is -4.43. The Labute approximate surface area is 179 Å². The molecule has 0 N–H and O–H groups in total. The Kier molecular flexibility index (Phi) is 5.01. The van der Waals surface area contributed by atoms with Crippen LogP contribution in [-0.2, 0) is 15.8 Å². The maximum absolute atomic E-state index is 12.7. The van der Waals surface area contributed by atoms with Crippen molar-refractivity contribution in [2.45, 2.75) is 20.0 Å². The number of halogens is 3. The fourth-order valence-corrected chi connectivity index (χ4v) is 3.45. The summed E-state index contributed by atoms with van der Waals surface area (Å²) in [5.74, 6) is -0.578. The van der Waals surface area contributed by atoms with E-state index in [-0.39, 0.29) is 29.0 Å². The Hall–Kier alpha value is -4.06. The number of carbonyl (C=O) groups is 2. The average Bonchev–Trinajstić information content (AvgIpc) is 3.30. The summed E-state index contributed by atoms with van der Waals surface area (Å²) in [7, 11) is 0. The number of benzene rings is 1. The van der Waals surface area contributed by atoms with Crippen molar-refractivity contribution in [3.05, 3.63) is 64.4 Å². The van der Waals surface area contributed by atoms with E-state index in [1.54, 1.807) is 6.92 Å². The zero-order chi connectivity index (χ0) is 23.2. The molecule has 1 aliphatic rings. The number of carbonyl (C=O) groups excluding carboxylic acids is 2. The molecule has 0 atom stereocenters. The highest BCUT2D eigenvalue weighted by Crippen LogP contribution is 2.35. The minimum absolute atomic E-state index is 0.113. The first-order chi connectivity index (χ1) is 15.1. The Balaban J connectivity index is 1.69. The van der Waals surface area contributed by atoms with Crippen LogP contribution in [0, 0.1) is 11.3 Å². The van der Waals surface area contributed by atoms with Gasteiger partial charge in [0.25, 0.3) is 11.8 Å². The largest absolute Gasteiger partial charge is 0.453 e. The number of likely N-dealkylation sites (N-methyl/N-ethyl adjacent to an activating group) is 1. The molecule has 0 saturated heterocycles. The second kappa shape index (κ2) is 7.57. The summed E-state index contributed by atoms with van der Waals surface area (Å²) in [6.45, 7) is 3.26. The lowest BCUT2D eigenvalue weighted by atomic mass is 9.95. The van der Waals surface area contributed by atoms with Gasteiger partial charge in [0, 0.05) is 29.8 Å². The second-order valence-corrected chi connectivity index (χ2v) is 7.09. The standard InChI is InChI=1S/C23H15F3N2O4/c1-3-28-21(29)16(12(2)17(11-27)22(28)30)8-15-9-19-20(31-15)10-18(32-19)13-4-6-14(7-5-13)23(24,25)26/h4-10H,3H2,1-2H3/b16-8-. The molecular weight excluding hydrogens is 425 g/mol. The van der Waals surface area contributed by atoms with Crippen LogP contribution in [-0.4, -0.2) is 23.3 Å². The van der Waals surface area contributed by atoms with Gasteiger partial charge >= 0.3 is 6.18 Å². The third kappa shape index (κ3) is 3.50. The molecular formula is C23H15F3N2O4. The lowest BCUT2D eigenvalue weighted by Gasteiger charge is -2.25. The third-order valence-electron chi connectivity index (χ3n) is 5.15. The van der Waals surface area contributed by atoms with Gasteiger partial charge in [-0.3, -0.25) is 14.5 Å².